The van der Waals surface area contributed by atoms with Crippen LogP contribution >= 0.6 is 11.6 Å². The van der Waals surface area contributed by atoms with Gasteiger partial charge >= 0.3 is 0 Å². The van der Waals surface area contributed by atoms with Gasteiger partial charge in [0.1, 0.15) is 0 Å². The quantitative estimate of drug-likeness (QED) is 0.615. The van der Waals surface area contributed by atoms with Crippen molar-refractivity contribution < 1.29 is 9.47 Å². The Morgan fingerprint density at radius 1 is 1.10 bits per heavy atom. The molecule has 20 heavy (non-hydrogen) atoms. The van der Waals surface area contributed by atoms with Crippen molar-refractivity contribution in [1.29, 1.82) is 5.26 Å². The molecule has 1 aliphatic rings. The molecule has 0 radical (unpaired) electrons. The van der Waals surface area contributed by atoms with Gasteiger partial charge in [-0.1, -0.05) is 23.7 Å². The maximum atomic E-state index is 9.33. The Balaban J connectivity index is 1.98. The predicted octanol–water partition coefficient (Wildman–Crippen LogP) is 4.13. The first-order valence-corrected chi connectivity index (χ1v) is 6.41. The molecule has 0 fully saturated rings. The highest BCUT2D eigenvalue weighted by atomic mass is 35.5. The number of allylic oxidation sites excluding steroid dienone is 1. The highest BCUT2D eigenvalue weighted by molar-refractivity contribution is 6.30. The van der Waals surface area contributed by atoms with Crippen molar-refractivity contribution in [2.75, 3.05) is 6.79 Å². The van der Waals surface area contributed by atoms with Crippen molar-refractivity contribution in [3.8, 4) is 17.6 Å². The predicted molar refractivity (Wildman–Crippen MR) is 77.5 cm³/mol. The molecule has 0 N–H and O–H groups in total. The first-order valence-electron chi connectivity index (χ1n) is 6.03. The third-order valence-corrected chi connectivity index (χ3v) is 3.24. The Kier molecular flexibility index (Phi) is 3.32. The maximum absolute atomic E-state index is 9.33. The summed E-state index contributed by atoms with van der Waals surface area (Å²) in [6.07, 6.45) is 1.81. The van der Waals surface area contributed by atoms with E-state index in [0.717, 1.165) is 11.1 Å². The van der Waals surface area contributed by atoms with Gasteiger partial charge in [-0.3, -0.25) is 0 Å². The molecule has 1 aliphatic heterocycles. The van der Waals surface area contributed by atoms with Crippen molar-refractivity contribution in [2.45, 2.75) is 0 Å². The summed E-state index contributed by atoms with van der Waals surface area (Å²) in [5.41, 5.74) is 2.28. The summed E-state index contributed by atoms with van der Waals surface area (Å²) in [5.74, 6) is 1.37. The topological polar surface area (TPSA) is 42.2 Å². The molecule has 0 spiro atoms. The lowest BCUT2D eigenvalue weighted by Crippen LogP contribution is -1.92. The zero-order valence-electron chi connectivity index (χ0n) is 10.5. The molecule has 2 aromatic rings. The molecule has 1 heterocycles. The number of halogens is 1. The third-order valence-electron chi connectivity index (χ3n) is 2.99. The first kappa shape index (κ1) is 12.6. The van der Waals surface area contributed by atoms with Gasteiger partial charge in [-0.05, 0) is 47.5 Å². The van der Waals surface area contributed by atoms with E-state index in [1.54, 1.807) is 12.1 Å². The summed E-state index contributed by atoms with van der Waals surface area (Å²) in [5, 5.41) is 10.00. The Morgan fingerprint density at radius 3 is 2.60 bits per heavy atom. The van der Waals surface area contributed by atoms with E-state index in [-0.39, 0.29) is 6.79 Å². The van der Waals surface area contributed by atoms with Crippen molar-refractivity contribution in [2.24, 2.45) is 0 Å². The average Bonchev–Trinajstić information content (AvgIpc) is 2.94. The van der Waals surface area contributed by atoms with Gasteiger partial charge in [0.05, 0.1) is 11.6 Å². The van der Waals surface area contributed by atoms with Crippen LogP contribution in [0.5, 0.6) is 11.5 Å². The van der Waals surface area contributed by atoms with Gasteiger partial charge in [-0.15, -0.1) is 0 Å². The van der Waals surface area contributed by atoms with E-state index < -0.39 is 0 Å². The fourth-order valence-electron chi connectivity index (χ4n) is 1.97. The molecule has 0 unspecified atom stereocenters. The number of rotatable bonds is 2. The van der Waals surface area contributed by atoms with Gasteiger partial charge < -0.3 is 9.47 Å². The molecule has 3 rings (SSSR count). The van der Waals surface area contributed by atoms with Crippen LogP contribution in [0.3, 0.4) is 0 Å². The van der Waals surface area contributed by atoms with Crippen LogP contribution in [0, 0.1) is 11.3 Å². The van der Waals surface area contributed by atoms with E-state index in [0.29, 0.717) is 22.1 Å². The number of hydrogen-bond donors (Lipinski definition) is 0. The fraction of sp³-hybridized carbons (Fsp3) is 0.0625. The van der Waals surface area contributed by atoms with Crippen molar-refractivity contribution in [3.63, 3.8) is 0 Å². The van der Waals surface area contributed by atoms with Crippen LogP contribution in [-0.2, 0) is 0 Å². The smallest absolute Gasteiger partial charge is 0.231 e. The Morgan fingerprint density at radius 2 is 1.85 bits per heavy atom. The largest absolute Gasteiger partial charge is 0.454 e. The molecule has 0 atom stereocenters. The minimum absolute atomic E-state index is 0.224. The second-order valence-corrected chi connectivity index (χ2v) is 4.73. The molecule has 0 bridgehead atoms. The van der Waals surface area contributed by atoms with E-state index in [1.165, 1.54) is 0 Å². The first-order chi connectivity index (χ1) is 9.76. The van der Waals surface area contributed by atoms with Crippen LogP contribution in [-0.4, -0.2) is 6.79 Å². The van der Waals surface area contributed by atoms with E-state index in [4.69, 9.17) is 21.1 Å². The Labute approximate surface area is 121 Å². The van der Waals surface area contributed by atoms with Crippen LogP contribution in [0.1, 0.15) is 11.1 Å². The normalized spacial score (nSPS) is 13.1. The second-order valence-electron chi connectivity index (χ2n) is 4.29. The Hall–Kier alpha value is -2.44. The SMILES string of the molecule is N#C/C(=C/c1ccc(Cl)cc1)c1ccc2c(c1)OCO2. The molecular weight excluding hydrogens is 274 g/mol. The van der Waals surface area contributed by atoms with Crippen molar-refractivity contribution >= 4 is 23.3 Å². The average molecular weight is 284 g/mol. The molecule has 2 aromatic carbocycles. The molecule has 0 aromatic heterocycles. The van der Waals surface area contributed by atoms with E-state index in [9.17, 15) is 5.26 Å². The monoisotopic (exact) mass is 283 g/mol. The summed E-state index contributed by atoms with van der Waals surface area (Å²) in [4.78, 5) is 0. The van der Waals surface area contributed by atoms with Gasteiger partial charge in [0.15, 0.2) is 11.5 Å². The standard InChI is InChI=1S/C16H10ClNO2/c17-14-4-1-11(2-5-14)7-13(9-18)12-3-6-15-16(8-12)20-10-19-15/h1-8H,10H2/b13-7-. The highest BCUT2D eigenvalue weighted by Crippen LogP contribution is 2.34. The van der Waals surface area contributed by atoms with E-state index in [2.05, 4.69) is 6.07 Å². The number of ether oxygens (including phenoxy) is 2. The van der Waals surface area contributed by atoms with E-state index in [1.807, 2.05) is 36.4 Å². The van der Waals surface area contributed by atoms with E-state index >= 15 is 0 Å². The van der Waals surface area contributed by atoms with Crippen molar-refractivity contribution in [3.05, 3.63) is 58.6 Å². The number of fused-ring (bicyclic) bond motifs is 1. The third kappa shape index (κ3) is 2.47. The summed E-state index contributed by atoms with van der Waals surface area (Å²) in [6.45, 7) is 0.224. The number of nitriles is 1. The molecule has 0 saturated heterocycles. The molecule has 98 valence electrons. The summed E-state index contributed by atoms with van der Waals surface area (Å²) >= 11 is 5.85. The zero-order chi connectivity index (χ0) is 13.9. The van der Waals surface area contributed by atoms with Gasteiger partial charge in [0, 0.05) is 5.02 Å². The summed E-state index contributed by atoms with van der Waals surface area (Å²) < 4.78 is 10.6. The lowest BCUT2D eigenvalue weighted by molar-refractivity contribution is 0.174. The van der Waals surface area contributed by atoms with Gasteiger partial charge in [0.25, 0.3) is 0 Å². The maximum Gasteiger partial charge on any atom is 0.231 e. The lowest BCUT2D eigenvalue weighted by Gasteiger charge is -2.02. The molecule has 0 saturated carbocycles. The van der Waals surface area contributed by atoms with Crippen LogP contribution < -0.4 is 9.47 Å². The molecule has 4 heteroatoms. The van der Waals surface area contributed by atoms with Gasteiger partial charge in [-0.25, -0.2) is 0 Å². The van der Waals surface area contributed by atoms with Crippen LogP contribution in [0.15, 0.2) is 42.5 Å². The molecule has 0 aliphatic carbocycles. The summed E-state index contributed by atoms with van der Waals surface area (Å²) in [6, 6.07) is 15.0. The molecule has 0 amide bonds. The number of benzene rings is 2. The van der Waals surface area contributed by atoms with Crippen molar-refractivity contribution in [1.82, 2.24) is 0 Å². The minimum atomic E-state index is 0.224. The van der Waals surface area contributed by atoms with Crippen LogP contribution in [0.25, 0.3) is 11.6 Å². The second kappa shape index (κ2) is 5.28. The van der Waals surface area contributed by atoms with Gasteiger partial charge in [-0.2, -0.15) is 5.26 Å². The van der Waals surface area contributed by atoms with Crippen LogP contribution in [0.4, 0.5) is 0 Å². The lowest BCUT2D eigenvalue weighted by atomic mass is 10.0. The summed E-state index contributed by atoms with van der Waals surface area (Å²) in [7, 11) is 0. The number of hydrogen-bond acceptors (Lipinski definition) is 3. The fourth-order valence-corrected chi connectivity index (χ4v) is 2.10. The molecular formula is C16H10ClNO2. The number of nitrogens with zero attached hydrogens (tertiary/aromatic N) is 1. The highest BCUT2D eigenvalue weighted by Gasteiger charge is 2.14. The van der Waals surface area contributed by atoms with Crippen LogP contribution in [0.2, 0.25) is 5.02 Å². The Bertz CT molecular complexity index is 714. The molecule has 3 nitrogen and oxygen atoms in total. The zero-order valence-corrected chi connectivity index (χ0v) is 11.2. The van der Waals surface area contributed by atoms with Gasteiger partial charge in [0.2, 0.25) is 6.79 Å². The minimum Gasteiger partial charge on any atom is -0.454 e.